The van der Waals surface area contributed by atoms with Crippen molar-refractivity contribution < 1.29 is 0 Å². The zero-order valence-corrected chi connectivity index (χ0v) is 40.4. The van der Waals surface area contributed by atoms with Gasteiger partial charge in [-0.25, -0.2) is 9.97 Å². The Kier molecular flexibility index (Phi) is 9.19. The van der Waals surface area contributed by atoms with Crippen LogP contribution in [-0.2, 0) is 16.2 Å². The molecule has 13 rings (SSSR count). The van der Waals surface area contributed by atoms with Crippen LogP contribution in [0.2, 0.25) is 0 Å². The Morgan fingerprint density at radius 3 is 0.843 bits per heavy atom. The van der Waals surface area contributed by atoms with Gasteiger partial charge in [0.25, 0.3) is 0 Å². The summed E-state index contributed by atoms with van der Waals surface area (Å²) >= 11 is 0. The first-order valence-electron chi connectivity index (χ1n) is 24.5. The number of aromatic nitrogens is 2. The summed E-state index contributed by atoms with van der Waals surface area (Å²) in [6.07, 6.45) is 0. The van der Waals surface area contributed by atoms with Crippen molar-refractivity contribution in [3.8, 4) is 22.5 Å². The first-order valence-corrected chi connectivity index (χ1v) is 24.5. The Morgan fingerprint density at radius 1 is 0.271 bits per heavy atom. The molecule has 3 aliphatic heterocycles. The van der Waals surface area contributed by atoms with Gasteiger partial charge < -0.3 is 14.7 Å². The van der Waals surface area contributed by atoms with E-state index in [0.29, 0.717) is 0 Å². The molecular formula is C65H53N5. The Bertz CT molecular complexity index is 3570. The first kappa shape index (κ1) is 41.9. The third-order valence-corrected chi connectivity index (χ3v) is 15.6. The maximum Gasteiger partial charge on any atom is 0.0973 e. The van der Waals surface area contributed by atoms with Gasteiger partial charge in [0.1, 0.15) is 0 Å². The second-order valence-corrected chi connectivity index (χ2v) is 20.7. The lowest BCUT2D eigenvalue weighted by Crippen LogP contribution is -2.30. The van der Waals surface area contributed by atoms with Crippen molar-refractivity contribution >= 4 is 62.2 Å². The lowest BCUT2D eigenvalue weighted by molar-refractivity contribution is 0.632. The van der Waals surface area contributed by atoms with Crippen molar-refractivity contribution in [2.75, 3.05) is 14.7 Å². The average Bonchev–Trinajstić information content (AvgIpc) is 3.39. The fraction of sp³-hybridized carbons (Fsp3) is 0.138. The molecular weight excluding hydrogens is 851 g/mol. The molecule has 5 nitrogen and oxygen atoms in total. The van der Waals surface area contributed by atoms with Gasteiger partial charge in [0.05, 0.1) is 56.5 Å². The normalized spacial score (nSPS) is 15.5. The number of hydrogen-bond acceptors (Lipinski definition) is 5. The first-order chi connectivity index (χ1) is 34.0. The number of nitrogens with zero attached hydrogens (tertiary/aromatic N) is 5. The fourth-order valence-electron chi connectivity index (χ4n) is 12.0. The zero-order chi connectivity index (χ0) is 47.5. The van der Waals surface area contributed by atoms with Crippen molar-refractivity contribution in [3.63, 3.8) is 0 Å². The van der Waals surface area contributed by atoms with Crippen LogP contribution in [-0.4, -0.2) is 9.97 Å². The third-order valence-electron chi connectivity index (χ3n) is 15.6. The molecule has 4 heterocycles. The van der Waals surface area contributed by atoms with E-state index in [0.717, 1.165) is 50.6 Å². The highest BCUT2D eigenvalue weighted by Crippen LogP contribution is 2.55. The summed E-state index contributed by atoms with van der Waals surface area (Å²) in [5.41, 5.74) is 23.1. The summed E-state index contributed by atoms with van der Waals surface area (Å²) in [7, 11) is 0. The molecule has 0 atom stereocenters. The van der Waals surface area contributed by atoms with Gasteiger partial charge in [0.2, 0.25) is 0 Å². The van der Waals surface area contributed by atoms with Crippen molar-refractivity contribution in [2.45, 2.75) is 57.8 Å². The highest BCUT2D eigenvalue weighted by Gasteiger charge is 2.39. The van der Waals surface area contributed by atoms with E-state index in [-0.39, 0.29) is 16.2 Å². The number of rotatable bonds is 5. The molecule has 0 N–H and O–H groups in total. The van der Waals surface area contributed by atoms with Crippen LogP contribution < -0.4 is 14.7 Å². The molecule has 1 aromatic heterocycles. The fourth-order valence-corrected chi connectivity index (χ4v) is 12.0. The van der Waals surface area contributed by atoms with Crippen LogP contribution in [0, 0.1) is 0 Å². The Hall–Kier alpha value is -8.28. The van der Waals surface area contributed by atoms with Crippen LogP contribution in [0.4, 0.5) is 51.2 Å². The zero-order valence-electron chi connectivity index (χ0n) is 40.4. The van der Waals surface area contributed by atoms with Crippen molar-refractivity contribution in [2.24, 2.45) is 0 Å². The largest absolute Gasteiger partial charge is 0.310 e. The third kappa shape index (κ3) is 6.17. The summed E-state index contributed by atoms with van der Waals surface area (Å²) in [6, 6.07) is 77.3. The lowest BCUT2D eigenvalue weighted by Gasteiger charge is -2.42. The highest BCUT2D eigenvalue weighted by atomic mass is 15.2. The van der Waals surface area contributed by atoms with E-state index in [1.807, 2.05) is 0 Å². The maximum absolute atomic E-state index is 5.63. The van der Waals surface area contributed by atoms with Crippen LogP contribution in [0.15, 0.2) is 212 Å². The molecule has 0 fully saturated rings. The average molecular weight is 904 g/mol. The van der Waals surface area contributed by atoms with Gasteiger partial charge in [-0.05, 0) is 112 Å². The molecule has 0 aliphatic carbocycles. The van der Waals surface area contributed by atoms with Gasteiger partial charge in [-0.3, -0.25) is 0 Å². The van der Waals surface area contributed by atoms with E-state index in [2.05, 4.69) is 269 Å². The molecule has 0 saturated carbocycles. The van der Waals surface area contributed by atoms with E-state index in [1.165, 1.54) is 67.5 Å². The minimum Gasteiger partial charge on any atom is -0.310 e. The van der Waals surface area contributed by atoms with Gasteiger partial charge in [-0.1, -0.05) is 175 Å². The standard InChI is InChI=1S/C65H53N5/c1-63(2)47-19-7-13-25-55(47)68(56-26-14-8-20-48(56)63)44-35-31-42(32-36-44)61-62(43-33-37-45(38-34-43)69-57-27-15-9-21-49(57)64(3,4)50-22-10-16-28-58(50)69)67-54-41-46(39-40-53(54)66-61)70-59-29-17-11-23-51(59)65(5,6)52-24-12-18-30-60(52)70/h7-41H,1-6H3. The molecule has 0 radical (unpaired) electrons. The van der Waals surface area contributed by atoms with Gasteiger partial charge in [-0.2, -0.15) is 0 Å². The quantitative estimate of drug-likeness (QED) is 0.172. The van der Waals surface area contributed by atoms with Crippen LogP contribution in [0.1, 0.15) is 74.9 Å². The van der Waals surface area contributed by atoms with E-state index >= 15 is 0 Å². The molecule has 0 bridgehead atoms. The minimum atomic E-state index is -0.157. The maximum atomic E-state index is 5.63. The van der Waals surface area contributed by atoms with Crippen molar-refractivity contribution in [3.05, 3.63) is 246 Å². The Labute approximate surface area is 411 Å². The molecule has 5 heteroatoms. The number of para-hydroxylation sites is 6. The van der Waals surface area contributed by atoms with E-state index < -0.39 is 0 Å². The van der Waals surface area contributed by atoms with E-state index in [4.69, 9.17) is 9.97 Å². The molecule has 3 aliphatic rings. The molecule has 9 aromatic carbocycles. The topological polar surface area (TPSA) is 35.5 Å². The molecule has 0 saturated heterocycles. The second-order valence-electron chi connectivity index (χ2n) is 20.7. The molecule has 338 valence electrons. The number of hydrogen-bond donors (Lipinski definition) is 0. The van der Waals surface area contributed by atoms with Crippen molar-refractivity contribution in [1.29, 1.82) is 0 Å². The van der Waals surface area contributed by atoms with Crippen LogP contribution >= 0.6 is 0 Å². The molecule has 0 amide bonds. The van der Waals surface area contributed by atoms with Crippen LogP contribution in [0.5, 0.6) is 0 Å². The summed E-state index contributed by atoms with van der Waals surface area (Å²) in [6.45, 7) is 14.0. The van der Waals surface area contributed by atoms with Gasteiger partial charge >= 0.3 is 0 Å². The predicted octanol–water partition coefficient (Wildman–Crippen LogP) is 17.3. The number of benzene rings is 9. The number of fused-ring (bicyclic) bond motifs is 7. The monoisotopic (exact) mass is 903 g/mol. The summed E-state index contributed by atoms with van der Waals surface area (Å²) in [5.74, 6) is 0. The molecule has 70 heavy (non-hydrogen) atoms. The SMILES string of the molecule is CC1(C)c2ccccc2N(c2ccc(-c3nc4ccc(N5c6ccccc6C(C)(C)c6ccccc65)cc4nc3-c3ccc(N4c5ccccc5C(C)(C)c5ccccc54)cc3)cc2)c2ccccc21. The Morgan fingerprint density at radius 2 is 0.529 bits per heavy atom. The number of anilines is 9. The summed E-state index contributed by atoms with van der Waals surface area (Å²) < 4.78 is 0. The molecule has 0 spiro atoms. The second kappa shape index (κ2) is 15.4. The van der Waals surface area contributed by atoms with Gasteiger partial charge in [0.15, 0.2) is 0 Å². The van der Waals surface area contributed by atoms with Gasteiger partial charge in [-0.15, -0.1) is 0 Å². The Balaban J connectivity index is 0.962. The lowest BCUT2D eigenvalue weighted by atomic mass is 9.73. The van der Waals surface area contributed by atoms with Gasteiger partial charge in [0, 0.05) is 44.4 Å². The van der Waals surface area contributed by atoms with Crippen LogP contribution in [0.3, 0.4) is 0 Å². The van der Waals surface area contributed by atoms with Crippen LogP contribution in [0.25, 0.3) is 33.5 Å². The highest BCUT2D eigenvalue weighted by molar-refractivity contribution is 5.94. The van der Waals surface area contributed by atoms with E-state index in [9.17, 15) is 0 Å². The van der Waals surface area contributed by atoms with Crippen molar-refractivity contribution in [1.82, 2.24) is 9.97 Å². The minimum absolute atomic E-state index is 0.136. The molecule has 10 aromatic rings. The smallest absolute Gasteiger partial charge is 0.0973 e. The van der Waals surface area contributed by atoms with E-state index in [1.54, 1.807) is 0 Å². The summed E-state index contributed by atoms with van der Waals surface area (Å²) in [5, 5.41) is 0. The predicted molar refractivity (Wildman–Crippen MR) is 291 cm³/mol. The summed E-state index contributed by atoms with van der Waals surface area (Å²) in [4.78, 5) is 18.4. The molecule has 0 unspecified atom stereocenters.